The van der Waals surface area contributed by atoms with Crippen LogP contribution < -0.4 is 5.32 Å². The van der Waals surface area contributed by atoms with Crippen molar-refractivity contribution in [2.75, 3.05) is 0 Å². The van der Waals surface area contributed by atoms with Gasteiger partial charge in [0, 0.05) is 23.9 Å². The van der Waals surface area contributed by atoms with Crippen LogP contribution in [0.25, 0.3) is 10.9 Å². The van der Waals surface area contributed by atoms with Gasteiger partial charge in [0.05, 0.1) is 17.8 Å². The summed E-state index contributed by atoms with van der Waals surface area (Å²) >= 11 is 0. The van der Waals surface area contributed by atoms with Gasteiger partial charge in [0.15, 0.2) is 5.69 Å². The molecule has 0 unspecified atom stereocenters. The van der Waals surface area contributed by atoms with E-state index in [2.05, 4.69) is 15.6 Å². The zero-order chi connectivity index (χ0) is 16.4. The smallest absolute Gasteiger partial charge is 0.273 e. The molecule has 6 nitrogen and oxygen atoms in total. The number of nitrogens with one attached hydrogen (secondary N) is 1. The van der Waals surface area contributed by atoms with Crippen LogP contribution in [-0.4, -0.2) is 20.8 Å². The van der Waals surface area contributed by atoms with Crippen LogP contribution >= 0.6 is 0 Å². The van der Waals surface area contributed by atoms with Crippen LogP contribution in [0.1, 0.15) is 48.6 Å². The van der Waals surface area contributed by atoms with Gasteiger partial charge >= 0.3 is 0 Å². The second-order valence-corrected chi connectivity index (χ2v) is 5.73. The first-order valence-corrected chi connectivity index (χ1v) is 7.79. The summed E-state index contributed by atoms with van der Waals surface area (Å²) in [4.78, 5) is 12.2. The molecule has 0 aliphatic heterocycles. The van der Waals surface area contributed by atoms with E-state index in [1.54, 1.807) is 6.07 Å². The van der Waals surface area contributed by atoms with Crippen LogP contribution in [0.5, 0.6) is 0 Å². The molecule has 2 heterocycles. The Bertz CT molecular complexity index is 832. The van der Waals surface area contributed by atoms with Gasteiger partial charge in [-0.3, -0.25) is 9.48 Å². The third-order valence-corrected chi connectivity index (χ3v) is 3.78. The highest BCUT2D eigenvalue weighted by molar-refractivity contribution is 5.92. The van der Waals surface area contributed by atoms with Crippen molar-refractivity contribution in [3.63, 3.8) is 0 Å². The van der Waals surface area contributed by atoms with Crippen molar-refractivity contribution in [1.29, 1.82) is 0 Å². The van der Waals surface area contributed by atoms with Gasteiger partial charge < -0.3 is 9.84 Å². The van der Waals surface area contributed by atoms with Gasteiger partial charge in [0.1, 0.15) is 5.76 Å². The van der Waals surface area contributed by atoms with E-state index in [9.17, 15) is 4.79 Å². The molecule has 0 fully saturated rings. The van der Waals surface area contributed by atoms with Crippen LogP contribution in [-0.2, 0) is 13.1 Å². The lowest BCUT2D eigenvalue weighted by Gasteiger charge is -2.00. The van der Waals surface area contributed by atoms with E-state index in [1.807, 2.05) is 49.7 Å². The molecular weight excluding hydrogens is 292 g/mol. The summed E-state index contributed by atoms with van der Waals surface area (Å²) in [5, 5.41) is 12.3. The molecule has 0 bridgehead atoms. The van der Waals surface area contributed by atoms with Gasteiger partial charge in [0.25, 0.3) is 5.91 Å². The Morgan fingerprint density at radius 2 is 2.13 bits per heavy atom. The fourth-order valence-corrected chi connectivity index (χ4v) is 2.49. The van der Waals surface area contributed by atoms with Crippen molar-refractivity contribution in [3.05, 3.63) is 47.5 Å². The van der Waals surface area contributed by atoms with Crippen molar-refractivity contribution in [3.8, 4) is 0 Å². The number of carbonyl (C=O) groups is 1. The highest BCUT2D eigenvalue weighted by Crippen LogP contribution is 2.19. The Kier molecular flexibility index (Phi) is 4.14. The maximum Gasteiger partial charge on any atom is 0.273 e. The summed E-state index contributed by atoms with van der Waals surface area (Å²) in [7, 11) is 0. The van der Waals surface area contributed by atoms with Gasteiger partial charge in [0.2, 0.25) is 0 Å². The summed E-state index contributed by atoms with van der Waals surface area (Å²) in [6.07, 6.45) is 0. The molecule has 120 valence electrons. The predicted octanol–water partition coefficient (Wildman–Crippen LogP) is 3.10. The minimum Gasteiger partial charge on any atom is -0.360 e. The Labute approximate surface area is 134 Å². The van der Waals surface area contributed by atoms with Crippen LogP contribution in [0.3, 0.4) is 0 Å². The Hall–Kier alpha value is -2.63. The second kappa shape index (κ2) is 6.24. The molecule has 3 rings (SSSR count). The lowest BCUT2D eigenvalue weighted by molar-refractivity contribution is 0.0941. The fraction of sp³-hybridized carbons (Fsp3) is 0.353. The molecule has 1 aromatic carbocycles. The third kappa shape index (κ3) is 2.97. The molecule has 1 amide bonds. The average molecular weight is 312 g/mol. The predicted molar refractivity (Wildman–Crippen MR) is 87.2 cm³/mol. The number of nitrogens with zero attached hydrogens (tertiary/aromatic N) is 3. The average Bonchev–Trinajstić information content (AvgIpc) is 3.18. The number of rotatable bonds is 5. The molecule has 2 aromatic heterocycles. The zero-order valence-corrected chi connectivity index (χ0v) is 13.5. The van der Waals surface area contributed by atoms with Crippen molar-refractivity contribution in [1.82, 2.24) is 20.3 Å². The van der Waals surface area contributed by atoms with E-state index in [1.165, 1.54) is 0 Å². The number of aromatic nitrogens is 3. The Morgan fingerprint density at radius 3 is 2.83 bits per heavy atom. The lowest BCUT2D eigenvalue weighted by Crippen LogP contribution is -2.23. The van der Waals surface area contributed by atoms with Crippen LogP contribution in [0.4, 0.5) is 0 Å². The Balaban J connectivity index is 1.76. The topological polar surface area (TPSA) is 73.0 Å². The first-order valence-electron chi connectivity index (χ1n) is 7.79. The quantitative estimate of drug-likeness (QED) is 0.785. The number of hydrogen-bond donors (Lipinski definition) is 1. The highest BCUT2D eigenvalue weighted by Gasteiger charge is 2.15. The number of fused-ring (bicyclic) bond motifs is 1. The van der Waals surface area contributed by atoms with E-state index in [4.69, 9.17) is 4.52 Å². The van der Waals surface area contributed by atoms with Crippen LogP contribution in [0.2, 0.25) is 0 Å². The molecule has 0 atom stereocenters. The van der Waals surface area contributed by atoms with Gasteiger partial charge in [-0.1, -0.05) is 37.2 Å². The molecular formula is C17H20N4O2. The van der Waals surface area contributed by atoms with Gasteiger partial charge in [-0.25, -0.2) is 0 Å². The number of hydrogen-bond acceptors (Lipinski definition) is 4. The normalized spacial score (nSPS) is 11.3. The zero-order valence-electron chi connectivity index (χ0n) is 13.5. The van der Waals surface area contributed by atoms with E-state index in [-0.39, 0.29) is 11.8 Å². The summed E-state index contributed by atoms with van der Waals surface area (Å²) in [6, 6.07) is 9.69. The molecule has 0 spiro atoms. The third-order valence-electron chi connectivity index (χ3n) is 3.78. The van der Waals surface area contributed by atoms with Gasteiger partial charge in [-0.05, 0) is 13.0 Å². The van der Waals surface area contributed by atoms with E-state index < -0.39 is 0 Å². The molecule has 0 radical (unpaired) electrons. The van der Waals surface area contributed by atoms with Crippen molar-refractivity contribution >= 4 is 16.8 Å². The monoisotopic (exact) mass is 312 g/mol. The number of benzene rings is 1. The standard InChI is InChI=1S/C17H20N4O2/c1-4-21-15-8-6-5-7-12(15)14(19-21)10-18-17(22)13-9-16(11(2)3)23-20-13/h5-9,11H,4,10H2,1-3H3,(H,18,22). The minimum atomic E-state index is -0.254. The van der Waals surface area contributed by atoms with E-state index in [0.29, 0.717) is 18.0 Å². The van der Waals surface area contributed by atoms with E-state index in [0.717, 1.165) is 23.1 Å². The van der Waals surface area contributed by atoms with Crippen LogP contribution in [0.15, 0.2) is 34.9 Å². The first-order chi connectivity index (χ1) is 11.1. The number of carbonyl (C=O) groups excluding carboxylic acids is 1. The number of amides is 1. The maximum absolute atomic E-state index is 12.2. The summed E-state index contributed by atoms with van der Waals surface area (Å²) < 4.78 is 7.09. The molecule has 6 heteroatoms. The molecule has 3 aromatic rings. The lowest BCUT2D eigenvalue weighted by atomic mass is 10.1. The summed E-state index contributed by atoms with van der Waals surface area (Å²) in [6.45, 7) is 7.17. The van der Waals surface area contributed by atoms with Crippen LogP contribution in [0, 0.1) is 0 Å². The highest BCUT2D eigenvalue weighted by atomic mass is 16.5. The molecule has 0 saturated carbocycles. The fourth-order valence-electron chi connectivity index (χ4n) is 2.49. The largest absolute Gasteiger partial charge is 0.360 e. The Morgan fingerprint density at radius 1 is 1.35 bits per heavy atom. The molecule has 0 saturated heterocycles. The number of aryl methyl sites for hydroxylation is 1. The SMILES string of the molecule is CCn1nc(CNC(=O)c2cc(C(C)C)on2)c2ccccc21. The van der Waals surface area contributed by atoms with Crippen molar-refractivity contribution < 1.29 is 9.32 Å². The maximum atomic E-state index is 12.2. The van der Waals surface area contributed by atoms with Crippen molar-refractivity contribution in [2.24, 2.45) is 0 Å². The van der Waals surface area contributed by atoms with Crippen molar-refractivity contribution in [2.45, 2.75) is 39.8 Å². The van der Waals surface area contributed by atoms with E-state index >= 15 is 0 Å². The first kappa shape index (κ1) is 15.3. The second-order valence-electron chi connectivity index (χ2n) is 5.73. The summed E-state index contributed by atoms with van der Waals surface area (Å²) in [5.41, 5.74) is 2.22. The van der Waals surface area contributed by atoms with Gasteiger partial charge in [-0.2, -0.15) is 5.10 Å². The molecule has 1 N–H and O–H groups in total. The number of para-hydroxylation sites is 1. The molecule has 23 heavy (non-hydrogen) atoms. The molecule has 0 aliphatic rings. The summed E-state index contributed by atoms with van der Waals surface area (Å²) in [5.74, 6) is 0.653. The minimum absolute atomic E-state index is 0.202. The van der Waals surface area contributed by atoms with Gasteiger partial charge in [-0.15, -0.1) is 0 Å². The molecule has 0 aliphatic carbocycles.